The SMILES string of the molecule is CC1(C)CC1C(N)c1ccc(F)c2ccccc12. The van der Waals surface area contributed by atoms with Gasteiger partial charge in [0.1, 0.15) is 5.82 Å². The van der Waals surface area contributed by atoms with Gasteiger partial charge in [0.25, 0.3) is 0 Å². The maximum atomic E-state index is 13.8. The third-order valence-electron chi connectivity index (χ3n) is 4.29. The quantitative estimate of drug-likeness (QED) is 0.846. The number of nitrogens with two attached hydrogens (primary N) is 1. The fraction of sp³-hybridized carbons (Fsp3) is 0.375. The molecule has 1 saturated carbocycles. The highest BCUT2D eigenvalue weighted by Crippen LogP contribution is 2.57. The molecule has 2 unspecified atom stereocenters. The van der Waals surface area contributed by atoms with E-state index < -0.39 is 0 Å². The second-order valence-electron chi connectivity index (χ2n) is 6.01. The lowest BCUT2D eigenvalue weighted by atomic mass is 9.93. The van der Waals surface area contributed by atoms with Crippen LogP contribution in [-0.2, 0) is 0 Å². The predicted molar refractivity (Wildman–Crippen MR) is 72.7 cm³/mol. The lowest BCUT2D eigenvalue weighted by molar-refractivity contribution is 0.493. The van der Waals surface area contributed by atoms with Crippen molar-refractivity contribution in [3.8, 4) is 0 Å². The van der Waals surface area contributed by atoms with Crippen LogP contribution in [0.5, 0.6) is 0 Å². The second kappa shape index (κ2) is 3.79. The molecule has 2 heteroatoms. The Kier molecular flexibility index (Phi) is 2.46. The summed E-state index contributed by atoms with van der Waals surface area (Å²) in [5.74, 6) is 0.336. The summed E-state index contributed by atoms with van der Waals surface area (Å²) in [6.07, 6.45) is 1.15. The highest BCUT2D eigenvalue weighted by molar-refractivity contribution is 5.86. The lowest BCUT2D eigenvalue weighted by Gasteiger charge is -2.16. The molecule has 3 rings (SSSR count). The number of rotatable bonds is 2. The molecule has 2 aromatic rings. The first kappa shape index (κ1) is 11.7. The summed E-state index contributed by atoms with van der Waals surface area (Å²) in [7, 11) is 0. The third-order valence-corrected chi connectivity index (χ3v) is 4.29. The fourth-order valence-corrected chi connectivity index (χ4v) is 2.91. The van der Waals surface area contributed by atoms with E-state index in [1.807, 2.05) is 30.3 Å². The van der Waals surface area contributed by atoms with E-state index in [9.17, 15) is 4.39 Å². The van der Waals surface area contributed by atoms with Gasteiger partial charge in [0.05, 0.1) is 0 Å². The lowest BCUT2D eigenvalue weighted by Crippen LogP contribution is -2.16. The van der Waals surface area contributed by atoms with E-state index >= 15 is 0 Å². The largest absolute Gasteiger partial charge is 0.324 e. The first-order valence-corrected chi connectivity index (χ1v) is 6.43. The molecular formula is C16H18FN. The minimum absolute atomic E-state index is 0.00509. The maximum Gasteiger partial charge on any atom is 0.131 e. The van der Waals surface area contributed by atoms with Gasteiger partial charge in [-0.25, -0.2) is 4.39 Å². The van der Waals surface area contributed by atoms with Crippen LogP contribution >= 0.6 is 0 Å². The number of benzene rings is 2. The zero-order chi connectivity index (χ0) is 12.9. The van der Waals surface area contributed by atoms with Crippen molar-refractivity contribution in [1.82, 2.24) is 0 Å². The van der Waals surface area contributed by atoms with Crippen molar-refractivity contribution in [1.29, 1.82) is 0 Å². The van der Waals surface area contributed by atoms with Gasteiger partial charge in [-0.3, -0.25) is 0 Å². The molecule has 2 atom stereocenters. The Bertz CT molecular complexity index is 603. The number of hydrogen-bond acceptors (Lipinski definition) is 1. The average Bonchev–Trinajstić information content (AvgIpc) is 2.99. The molecule has 0 amide bonds. The Morgan fingerprint density at radius 2 is 1.78 bits per heavy atom. The maximum absolute atomic E-state index is 13.8. The van der Waals surface area contributed by atoms with Crippen molar-refractivity contribution < 1.29 is 4.39 Å². The van der Waals surface area contributed by atoms with Gasteiger partial charge in [-0.2, -0.15) is 0 Å². The topological polar surface area (TPSA) is 26.0 Å². The normalized spacial score (nSPS) is 23.0. The van der Waals surface area contributed by atoms with Crippen LogP contribution in [0.4, 0.5) is 4.39 Å². The zero-order valence-electron chi connectivity index (χ0n) is 10.8. The van der Waals surface area contributed by atoms with Crippen molar-refractivity contribution >= 4 is 10.8 Å². The Labute approximate surface area is 107 Å². The van der Waals surface area contributed by atoms with Crippen molar-refractivity contribution in [3.05, 3.63) is 47.8 Å². The van der Waals surface area contributed by atoms with Gasteiger partial charge in [-0.15, -0.1) is 0 Å². The summed E-state index contributed by atoms with van der Waals surface area (Å²) < 4.78 is 13.8. The number of hydrogen-bond donors (Lipinski definition) is 1. The van der Waals surface area contributed by atoms with Crippen LogP contribution in [0.3, 0.4) is 0 Å². The third kappa shape index (κ3) is 1.72. The molecule has 1 nitrogen and oxygen atoms in total. The molecule has 0 saturated heterocycles. The summed E-state index contributed by atoms with van der Waals surface area (Å²) in [6, 6.07) is 11.0. The van der Waals surface area contributed by atoms with Crippen LogP contribution in [0.25, 0.3) is 10.8 Å². The van der Waals surface area contributed by atoms with Crippen LogP contribution in [0, 0.1) is 17.2 Å². The minimum atomic E-state index is -0.170. The summed E-state index contributed by atoms with van der Waals surface area (Å²) in [5, 5.41) is 1.62. The molecule has 2 N–H and O–H groups in total. The van der Waals surface area contributed by atoms with Gasteiger partial charge < -0.3 is 5.73 Å². The smallest absolute Gasteiger partial charge is 0.131 e. The predicted octanol–water partition coefficient (Wildman–Crippen LogP) is 4.02. The van der Waals surface area contributed by atoms with Gasteiger partial charge in [-0.05, 0) is 34.8 Å². The van der Waals surface area contributed by atoms with Gasteiger partial charge >= 0.3 is 0 Å². The van der Waals surface area contributed by atoms with E-state index in [0.717, 1.165) is 17.4 Å². The summed E-state index contributed by atoms with van der Waals surface area (Å²) in [5.41, 5.74) is 7.77. The Balaban J connectivity index is 2.10. The molecule has 0 spiro atoms. The van der Waals surface area contributed by atoms with Crippen molar-refractivity contribution in [3.63, 3.8) is 0 Å². The average molecular weight is 243 g/mol. The van der Waals surface area contributed by atoms with Crippen molar-refractivity contribution in [2.75, 3.05) is 0 Å². The number of fused-ring (bicyclic) bond motifs is 1. The van der Waals surface area contributed by atoms with E-state index in [1.54, 1.807) is 0 Å². The van der Waals surface area contributed by atoms with E-state index in [2.05, 4.69) is 13.8 Å². The van der Waals surface area contributed by atoms with Crippen LogP contribution < -0.4 is 5.73 Å². The monoisotopic (exact) mass is 243 g/mol. The molecule has 18 heavy (non-hydrogen) atoms. The second-order valence-corrected chi connectivity index (χ2v) is 6.01. The molecule has 0 bridgehead atoms. The summed E-state index contributed by atoms with van der Waals surface area (Å²) >= 11 is 0. The molecule has 0 aromatic heterocycles. The molecule has 0 aliphatic heterocycles. The molecule has 0 heterocycles. The molecule has 0 radical (unpaired) electrons. The molecule has 94 valence electrons. The fourth-order valence-electron chi connectivity index (χ4n) is 2.91. The first-order chi connectivity index (χ1) is 8.50. The molecule has 2 aromatic carbocycles. The van der Waals surface area contributed by atoms with Gasteiger partial charge in [0.15, 0.2) is 0 Å². The van der Waals surface area contributed by atoms with Gasteiger partial charge in [0, 0.05) is 11.4 Å². The molecule has 1 aliphatic carbocycles. The van der Waals surface area contributed by atoms with Crippen LogP contribution in [0.1, 0.15) is 31.9 Å². The molecule has 1 aliphatic rings. The Hall–Kier alpha value is -1.41. The van der Waals surface area contributed by atoms with Crippen LogP contribution in [0.2, 0.25) is 0 Å². The molecular weight excluding hydrogens is 225 g/mol. The van der Waals surface area contributed by atoms with Crippen molar-refractivity contribution in [2.45, 2.75) is 26.3 Å². The van der Waals surface area contributed by atoms with Crippen LogP contribution in [0.15, 0.2) is 36.4 Å². The van der Waals surface area contributed by atoms with Gasteiger partial charge in [0.2, 0.25) is 0 Å². The van der Waals surface area contributed by atoms with Gasteiger partial charge in [-0.1, -0.05) is 44.2 Å². The summed E-state index contributed by atoms with van der Waals surface area (Å²) in [4.78, 5) is 0. The highest BCUT2D eigenvalue weighted by Gasteiger charge is 2.49. The molecule has 1 fully saturated rings. The number of halogens is 1. The van der Waals surface area contributed by atoms with Crippen molar-refractivity contribution in [2.24, 2.45) is 17.1 Å². The van der Waals surface area contributed by atoms with E-state index in [1.165, 1.54) is 6.07 Å². The van der Waals surface area contributed by atoms with E-state index in [4.69, 9.17) is 5.73 Å². The van der Waals surface area contributed by atoms with E-state index in [0.29, 0.717) is 16.7 Å². The minimum Gasteiger partial charge on any atom is -0.324 e. The standard InChI is InChI=1S/C16H18FN/c1-16(2)9-13(16)15(18)12-7-8-14(17)11-6-4-3-5-10(11)12/h3-8,13,15H,9,18H2,1-2H3. The summed E-state index contributed by atoms with van der Waals surface area (Å²) in [6.45, 7) is 4.48. The highest BCUT2D eigenvalue weighted by atomic mass is 19.1. The Morgan fingerprint density at radius 1 is 1.17 bits per heavy atom. The van der Waals surface area contributed by atoms with E-state index in [-0.39, 0.29) is 11.9 Å². The Morgan fingerprint density at radius 3 is 2.39 bits per heavy atom. The van der Waals surface area contributed by atoms with Crippen LogP contribution in [-0.4, -0.2) is 0 Å². The zero-order valence-corrected chi connectivity index (χ0v) is 10.8. The first-order valence-electron chi connectivity index (χ1n) is 6.43.